The zero-order valence-corrected chi connectivity index (χ0v) is 8.50. The van der Waals surface area contributed by atoms with Crippen LogP contribution in [0.25, 0.3) is 0 Å². The molecule has 0 spiro atoms. The number of ether oxygens (including phenoxy) is 1. The van der Waals surface area contributed by atoms with Crippen LogP contribution in [0.3, 0.4) is 0 Å². The summed E-state index contributed by atoms with van der Waals surface area (Å²) in [5, 5.41) is 8.71. The van der Waals surface area contributed by atoms with Crippen molar-refractivity contribution in [2.45, 2.75) is 13.8 Å². The summed E-state index contributed by atoms with van der Waals surface area (Å²) in [6, 6.07) is 4.23. The van der Waals surface area contributed by atoms with Gasteiger partial charge in [0.15, 0.2) is 0 Å². The molecule has 0 fully saturated rings. The monoisotopic (exact) mass is 207 g/mol. The first kappa shape index (κ1) is 11.2. The molecule has 0 aromatic heterocycles. The van der Waals surface area contributed by atoms with Crippen LogP contribution in [-0.2, 0) is 4.74 Å². The second-order valence-corrected chi connectivity index (χ2v) is 2.96. The molecule has 4 heteroatoms. The minimum Gasteiger partial charge on any atom is -0.462 e. The van der Waals surface area contributed by atoms with Crippen molar-refractivity contribution in [1.29, 1.82) is 5.26 Å². The van der Waals surface area contributed by atoms with Gasteiger partial charge >= 0.3 is 5.97 Å². The SMILES string of the molecule is CCOC(=O)c1cc(F)c(C)c(C#N)c1. The summed E-state index contributed by atoms with van der Waals surface area (Å²) in [7, 11) is 0. The Balaban J connectivity index is 3.18. The van der Waals surface area contributed by atoms with Crippen LogP contribution in [0.4, 0.5) is 4.39 Å². The molecule has 0 atom stereocenters. The molecule has 0 aliphatic carbocycles. The van der Waals surface area contributed by atoms with Crippen LogP contribution in [0.15, 0.2) is 12.1 Å². The van der Waals surface area contributed by atoms with Gasteiger partial charge in [-0.3, -0.25) is 0 Å². The molecule has 0 aliphatic rings. The van der Waals surface area contributed by atoms with Crippen LogP contribution in [-0.4, -0.2) is 12.6 Å². The van der Waals surface area contributed by atoms with Crippen LogP contribution in [0.2, 0.25) is 0 Å². The van der Waals surface area contributed by atoms with E-state index in [1.165, 1.54) is 13.0 Å². The largest absolute Gasteiger partial charge is 0.462 e. The third kappa shape index (κ3) is 2.32. The fraction of sp³-hybridized carbons (Fsp3) is 0.273. The van der Waals surface area contributed by atoms with Gasteiger partial charge in [-0.15, -0.1) is 0 Å². The van der Waals surface area contributed by atoms with E-state index in [4.69, 9.17) is 10.00 Å². The van der Waals surface area contributed by atoms with Gasteiger partial charge < -0.3 is 4.74 Å². The van der Waals surface area contributed by atoms with Gasteiger partial charge in [0.25, 0.3) is 0 Å². The van der Waals surface area contributed by atoms with Crippen LogP contribution < -0.4 is 0 Å². The zero-order valence-electron chi connectivity index (χ0n) is 8.50. The van der Waals surface area contributed by atoms with Crippen LogP contribution >= 0.6 is 0 Å². The number of nitrogens with zero attached hydrogens (tertiary/aromatic N) is 1. The van der Waals surface area contributed by atoms with Gasteiger partial charge in [-0.2, -0.15) is 5.26 Å². The first-order valence-electron chi connectivity index (χ1n) is 4.47. The third-order valence-corrected chi connectivity index (χ3v) is 1.98. The van der Waals surface area contributed by atoms with E-state index in [1.807, 2.05) is 6.07 Å². The number of halogens is 1. The molecule has 0 bridgehead atoms. The summed E-state index contributed by atoms with van der Waals surface area (Å²) in [5.74, 6) is -1.19. The Bertz CT molecular complexity index is 435. The topological polar surface area (TPSA) is 50.1 Å². The van der Waals surface area contributed by atoms with Gasteiger partial charge in [0.1, 0.15) is 5.82 Å². The van der Waals surface area contributed by atoms with E-state index >= 15 is 0 Å². The fourth-order valence-corrected chi connectivity index (χ4v) is 1.13. The molecular weight excluding hydrogens is 197 g/mol. The van der Waals surface area contributed by atoms with Crippen molar-refractivity contribution < 1.29 is 13.9 Å². The maximum atomic E-state index is 13.3. The Morgan fingerprint density at radius 2 is 2.27 bits per heavy atom. The van der Waals surface area contributed by atoms with Crippen molar-refractivity contribution in [3.63, 3.8) is 0 Å². The van der Waals surface area contributed by atoms with Gasteiger partial charge in [0.2, 0.25) is 0 Å². The number of esters is 1. The molecule has 15 heavy (non-hydrogen) atoms. The summed E-state index contributed by atoms with van der Waals surface area (Å²) in [5.41, 5.74) is 0.458. The van der Waals surface area contributed by atoms with Crippen LogP contribution in [0.5, 0.6) is 0 Å². The van der Waals surface area contributed by atoms with Crippen molar-refractivity contribution in [3.8, 4) is 6.07 Å². The van der Waals surface area contributed by atoms with Crippen molar-refractivity contribution in [2.75, 3.05) is 6.61 Å². The molecule has 0 heterocycles. The highest BCUT2D eigenvalue weighted by Gasteiger charge is 2.12. The second-order valence-electron chi connectivity index (χ2n) is 2.96. The smallest absolute Gasteiger partial charge is 0.338 e. The minimum absolute atomic E-state index is 0.0662. The number of carbonyl (C=O) groups is 1. The normalized spacial score (nSPS) is 9.47. The lowest BCUT2D eigenvalue weighted by atomic mass is 10.1. The molecule has 0 N–H and O–H groups in total. The average molecular weight is 207 g/mol. The van der Waals surface area contributed by atoms with E-state index in [0.29, 0.717) is 0 Å². The van der Waals surface area contributed by atoms with Gasteiger partial charge in [-0.1, -0.05) is 0 Å². The Hall–Kier alpha value is -1.89. The van der Waals surface area contributed by atoms with E-state index in [0.717, 1.165) is 6.07 Å². The molecule has 0 saturated heterocycles. The maximum absolute atomic E-state index is 13.3. The summed E-state index contributed by atoms with van der Waals surface area (Å²) in [4.78, 5) is 11.3. The first-order chi connectivity index (χ1) is 7.10. The molecule has 1 aromatic rings. The van der Waals surface area contributed by atoms with Crippen LogP contribution in [0.1, 0.15) is 28.4 Å². The number of hydrogen-bond donors (Lipinski definition) is 0. The molecule has 0 unspecified atom stereocenters. The molecular formula is C11H10FNO2. The van der Waals surface area contributed by atoms with Crippen molar-refractivity contribution in [2.24, 2.45) is 0 Å². The first-order valence-corrected chi connectivity index (χ1v) is 4.47. The Labute approximate surface area is 87.1 Å². The van der Waals surface area contributed by atoms with Gasteiger partial charge in [-0.25, -0.2) is 9.18 Å². The molecule has 78 valence electrons. The highest BCUT2D eigenvalue weighted by Crippen LogP contribution is 2.15. The lowest BCUT2D eigenvalue weighted by molar-refractivity contribution is 0.0525. The molecule has 0 amide bonds. The average Bonchev–Trinajstić information content (AvgIpc) is 2.22. The molecule has 1 rings (SSSR count). The fourth-order valence-electron chi connectivity index (χ4n) is 1.13. The zero-order chi connectivity index (χ0) is 11.4. The highest BCUT2D eigenvalue weighted by atomic mass is 19.1. The number of carbonyl (C=O) groups excluding carboxylic acids is 1. The number of rotatable bonds is 2. The van der Waals surface area contributed by atoms with E-state index in [-0.39, 0.29) is 23.3 Å². The maximum Gasteiger partial charge on any atom is 0.338 e. The quantitative estimate of drug-likeness (QED) is 0.698. The summed E-state index contributed by atoms with van der Waals surface area (Å²) in [6.07, 6.45) is 0. The van der Waals surface area contributed by atoms with E-state index in [1.54, 1.807) is 6.92 Å². The Morgan fingerprint density at radius 3 is 2.80 bits per heavy atom. The lowest BCUT2D eigenvalue weighted by Gasteiger charge is -2.04. The highest BCUT2D eigenvalue weighted by molar-refractivity contribution is 5.90. The predicted molar refractivity (Wildman–Crippen MR) is 51.8 cm³/mol. The van der Waals surface area contributed by atoms with E-state index in [2.05, 4.69) is 0 Å². The van der Waals surface area contributed by atoms with Gasteiger partial charge in [0.05, 0.1) is 23.8 Å². The van der Waals surface area contributed by atoms with E-state index in [9.17, 15) is 9.18 Å². The Kier molecular flexibility index (Phi) is 3.40. The molecule has 0 radical (unpaired) electrons. The number of hydrogen-bond acceptors (Lipinski definition) is 3. The molecule has 0 saturated carbocycles. The lowest BCUT2D eigenvalue weighted by Crippen LogP contribution is -2.06. The molecule has 1 aromatic carbocycles. The predicted octanol–water partition coefficient (Wildman–Crippen LogP) is 2.18. The molecule has 0 aliphatic heterocycles. The minimum atomic E-state index is -0.618. The third-order valence-electron chi connectivity index (χ3n) is 1.98. The summed E-state index contributed by atoms with van der Waals surface area (Å²) < 4.78 is 18.0. The number of benzene rings is 1. The van der Waals surface area contributed by atoms with Gasteiger partial charge in [0, 0.05) is 5.56 Å². The summed E-state index contributed by atoms with van der Waals surface area (Å²) in [6.45, 7) is 3.37. The second kappa shape index (κ2) is 4.56. The van der Waals surface area contributed by atoms with Crippen molar-refractivity contribution in [1.82, 2.24) is 0 Å². The number of nitriles is 1. The van der Waals surface area contributed by atoms with Crippen LogP contribution in [0, 0.1) is 24.1 Å². The Morgan fingerprint density at radius 1 is 1.60 bits per heavy atom. The van der Waals surface area contributed by atoms with Gasteiger partial charge in [-0.05, 0) is 26.0 Å². The summed E-state index contributed by atoms with van der Waals surface area (Å²) >= 11 is 0. The molecule has 3 nitrogen and oxygen atoms in total. The van der Waals surface area contributed by atoms with Crippen molar-refractivity contribution in [3.05, 3.63) is 34.6 Å². The standard InChI is InChI=1S/C11H10FNO2/c1-3-15-11(14)8-4-9(6-13)7(2)10(12)5-8/h4-5H,3H2,1-2H3. The van der Waals surface area contributed by atoms with Crippen molar-refractivity contribution >= 4 is 5.97 Å². The van der Waals surface area contributed by atoms with E-state index < -0.39 is 11.8 Å².